The third kappa shape index (κ3) is 3.54. The van der Waals surface area contributed by atoms with Crippen LogP contribution in [0.15, 0.2) is 30.3 Å². The zero-order valence-corrected chi connectivity index (χ0v) is 12.4. The quantitative estimate of drug-likeness (QED) is 0.906. The Balaban J connectivity index is 2.22. The zero-order chi connectivity index (χ0) is 14.5. The van der Waals surface area contributed by atoms with Crippen molar-refractivity contribution in [2.75, 3.05) is 11.9 Å². The first-order valence-corrected chi connectivity index (χ1v) is 6.96. The summed E-state index contributed by atoms with van der Waals surface area (Å²) >= 11 is 0. The maximum atomic E-state index is 5.76. The predicted molar refractivity (Wildman–Crippen MR) is 82.6 cm³/mol. The summed E-state index contributed by atoms with van der Waals surface area (Å²) in [6.45, 7) is 5.39. The largest absolute Gasteiger partial charge is 0.354 e. The summed E-state index contributed by atoms with van der Waals surface area (Å²) < 4.78 is 0. The molecule has 0 amide bonds. The number of nitrogens with zero attached hydrogens (tertiary/aromatic N) is 3. The van der Waals surface area contributed by atoms with Gasteiger partial charge in [0.05, 0.1) is 12.2 Å². The van der Waals surface area contributed by atoms with Crippen LogP contribution in [0.1, 0.15) is 29.6 Å². The minimum atomic E-state index is 0.541. The van der Waals surface area contributed by atoms with Crippen LogP contribution in [0.4, 0.5) is 5.82 Å². The average Bonchev–Trinajstić information content (AvgIpc) is 2.46. The maximum absolute atomic E-state index is 5.76. The van der Waals surface area contributed by atoms with E-state index in [1.165, 1.54) is 0 Å². The van der Waals surface area contributed by atoms with Crippen molar-refractivity contribution in [2.45, 2.75) is 33.4 Å². The molecule has 2 aromatic rings. The molecule has 0 aromatic carbocycles. The molecular weight excluding hydrogens is 248 g/mol. The van der Waals surface area contributed by atoms with Gasteiger partial charge in [0.1, 0.15) is 5.82 Å². The number of rotatable bonds is 5. The molecule has 2 N–H and O–H groups in total. The molecule has 0 saturated carbocycles. The molecule has 0 aliphatic heterocycles. The Bertz CT molecular complexity index is 558. The summed E-state index contributed by atoms with van der Waals surface area (Å²) in [5.41, 5.74) is 10.0. The summed E-state index contributed by atoms with van der Waals surface area (Å²) in [5, 5.41) is 0. The van der Waals surface area contributed by atoms with Crippen molar-refractivity contribution in [3.8, 4) is 0 Å². The number of anilines is 1. The van der Waals surface area contributed by atoms with Gasteiger partial charge in [-0.1, -0.05) is 13.0 Å². The molecule has 0 spiro atoms. The average molecular weight is 270 g/mol. The van der Waals surface area contributed by atoms with Gasteiger partial charge >= 0.3 is 0 Å². The second kappa shape index (κ2) is 6.48. The second-order valence-corrected chi connectivity index (χ2v) is 5.01. The van der Waals surface area contributed by atoms with Crippen molar-refractivity contribution in [3.05, 3.63) is 53.0 Å². The van der Waals surface area contributed by atoms with Crippen molar-refractivity contribution >= 4 is 5.82 Å². The Morgan fingerprint density at radius 1 is 1.15 bits per heavy atom. The van der Waals surface area contributed by atoms with Gasteiger partial charge in [-0.05, 0) is 43.2 Å². The van der Waals surface area contributed by atoms with E-state index in [-0.39, 0.29) is 0 Å². The summed E-state index contributed by atoms with van der Waals surface area (Å²) in [7, 11) is 2.03. The van der Waals surface area contributed by atoms with Crippen molar-refractivity contribution in [3.63, 3.8) is 0 Å². The molecule has 0 aliphatic carbocycles. The Labute approximate surface area is 120 Å². The summed E-state index contributed by atoms with van der Waals surface area (Å²) in [5.74, 6) is 0.952. The maximum Gasteiger partial charge on any atom is 0.129 e. The van der Waals surface area contributed by atoms with E-state index in [4.69, 9.17) is 5.73 Å². The molecule has 4 nitrogen and oxygen atoms in total. The third-order valence-electron chi connectivity index (χ3n) is 3.26. The standard InChI is InChI=1S/C16H22N4/c1-4-14-8-13(10-17)9-16(19-14)20(3)11-15-7-5-6-12(2)18-15/h5-9H,4,10-11,17H2,1-3H3. The van der Waals surface area contributed by atoms with E-state index >= 15 is 0 Å². The minimum Gasteiger partial charge on any atom is -0.354 e. The molecule has 2 heterocycles. The summed E-state index contributed by atoms with van der Waals surface area (Å²) in [6, 6.07) is 10.2. The van der Waals surface area contributed by atoms with Gasteiger partial charge in [-0.15, -0.1) is 0 Å². The van der Waals surface area contributed by atoms with E-state index in [2.05, 4.69) is 33.9 Å². The number of pyridine rings is 2. The molecule has 2 rings (SSSR count). The molecule has 0 aliphatic rings. The lowest BCUT2D eigenvalue weighted by Crippen LogP contribution is -2.19. The van der Waals surface area contributed by atoms with Gasteiger partial charge < -0.3 is 10.6 Å². The normalized spacial score (nSPS) is 10.6. The van der Waals surface area contributed by atoms with E-state index < -0.39 is 0 Å². The SMILES string of the molecule is CCc1cc(CN)cc(N(C)Cc2cccc(C)n2)n1. The highest BCUT2D eigenvalue weighted by Crippen LogP contribution is 2.16. The highest BCUT2D eigenvalue weighted by atomic mass is 15.2. The summed E-state index contributed by atoms with van der Waals surface area (Å²) in [6.07, 6.45) is 0.914. The van der Waals surface area contributed by atoms with Gasteiger partial charge in [0.25, 0.3) is 0 Å². The predicted octanol–water partition coefficient (Wildman–Crippen LogP) is 2.44. The number of hydrogen-bond acceptors (Lipinski definition) is 4. The van der Waals surface area contributed by atoms with E-state index in [0.29, 0.717) is 6.54 Å². The molecule has 0 bridgehead atoms. The Hall–Kier alpha value is -1.94. The van der Waals surface area contributed by atoms with Crippen molar-refractivity contribution < 1.29 is 0 Å². The monoisotopic (exact) mass is 270 g/mol. The van der Waals surface area contributed by atoms with Gasteiger partial charge in [-0.2, -0.15) is 0 Å². The minimum absolute atomic E-state index is 0.541. The van der Waals surface area contributed by atoms with Crippen LogP contribution in [0.5, 0.6) is 0 Å². The van der Waals surface area contributed by atoms with Crippen molar-refractivity contribution in [1.82, 2.24) is 9.97 Å². The topological polar surface area (TPSA) is 55.0 Å². The van der Waals surface area contributed by atoms with Gasteiger partial charge in [-0.25, -0.2) is 4.98 Å². The molecule has 4 heteroatoms. The molecule has 0 saturated heterocycles. The molecule has 0 atom stereocenters. The van der Waals surface area contributed by atoms with Gasteiger partial charge in [-0.3, -0.25) is 4.98 Å². The third-order valence-corrected chi connectivity index (χ3v) is 3.26. The lowest BCUT2D eigenvalue weighted by atomic mass is 10.2. The fourth-order valence-electron chi connectivity index (χ4n) is 2.14. The Morgan fingerprint density at radius 3 is 2.60 bits per heavy atom. The van der Waals surface area contributed by atoms with Gasteiger partial charge in [0.2, 0.25) is 0 Å². The first-order valence-electron chi connectivity index (χ1n) is 6.96. The first kappa shape index (κ1) is 14.5. The highest BCUT2D eigenvalue weighted by molar-refractivity contribution is 5.42. The fourth-order valence-corrected chi connectivity index (χ4v) is 2.14. The summed E-state index contributed by atoms with van der Waals surface area (Å²) in [4.78, 5) is 11.3. The van der Waals surface area contributed by atoms with Crippen LogP contribution in [-0.4, -0.2) is 17.0 Å². The first-order chi connectivity index (χ1) is 9.62. The van der Waals surface area contributed by atoms with E-state index in [1.54, 1.807) is 0 Å². The van der Waals surface area contributed by atoms with Crippen LogP contribution in [0, 0.1) is 6.92 Å². The number of nitrogens with two attached hydrogens (primary N) is 1. The lowest BCUT2D eigenvalue weighted by molar-refractivity contribution is 0.845. The van der Waals surface area contributed by atoms with Crippen LogP contribution in [0.25, 0.3) is 0 Å². The fraction of sp³-hybridized carbons (Fsp3) is 0.375. The Morgan fingerprint density at radius 2 is 1.95 bits per heavy atom. The highest BCUT2D eigenvalue weighted by Gasteiger charge is 2.07. The van der Waals surface area contributed by atoms with Crippen molar-refractivity contribution in [2.24, 2.45) is 5.73 Å². The van der Waals surface area contributed by atoms with Crippen molar-refractivity contribution in [1.29, 1.82) is 0 Å². The number of hydrogen-bond donors (Lipinski definition) is 1. The lowest BCUT2D eigenvalue weighted by Gasteiger charge is -2.19. The number of aromatic nitrogens is 2. The smallest absolute Gasteiger partial charge is 0.129 e. The molecule has 2 aromatic heterocycles. The van der Waals surface area contributed by atoms with Gasteiger partial charge in [0.15, 0.2) is 0 Å². The van der Waals surface area contributed by atoms with E-state index in [1.807, 2.05) is 32.2 Å². The van der Waals surface area contributed by atoms with Crippen LogP contribution < -0.4 is 10.6 Å². The van der Waals surface area contributed by atoms with E-state index in [9.17, 15) is 0 Å². The molecule has 0 radical (unpaired) electrons. The van der Waals surface area contributed by atoms with Crippen LogP contribution in [-0.2, 0) is 19.5 Å². The second-order valence-electron chi connectivity index (χ2n) is 5.01. The molecule has 106 valence electrons. The van der Waals surface area contributed by atoms with Gasteiger partial charge in [0, 0.05) is 25.0 Å². The van der Waals surface area contributed by atoms with Crippen LogP contribution in [0.2, 0.25) is 0 Å². The molecule has 0 unspecified atom stereocenters. The molecular formula is C16H22N4. The van der Waals surface area contributed by atoms with Crippen LogP contribution >= 0.6 is 0 Å². The number of aryl methyl sites for hydroxylation is 2. The zero-order valence-electron chi connectivity index (χ0n) is 12.4. The van der Waals surface area contributed by atoms with E-state index in [0.717, 1.165) is 41.4 Å². The van der Waals surface area contributed by atoms with Crippen LogP contribution in [0.3, 0.4) is 0 Å². The molecule has 0 fully saturated rings. The molecule has 20 heavy (non-hydrogen) atoms. The Kier molecular flexibility index (Phi) is 4.69.